The van der Waals surface area contributed by atoms with E-state index in [1.807, 2.05) is 0 Å². The van der Waals surface area contributed by atoms with E-state index in [9.17, 15) is 19.5 Å². The molecule has 0 radical (unpaired) electrons. The molecule has 8 nitrogen and oxygen atoms in total. The second-order valence-electron chi connectivity index (χ2n) is 5.54. The molecular formula is C15H20N4O4. The number of primary amides is 1. The van der Waals surface area contributed by atoms with Crippen molar-refractivity contribution >= 4 is 29.2 Å². The number of nitrogens with one attached hydrogen (secondary N) is 3. The van der Waals surface area contributed by atoms with Crippen LogP contribution in [0.5, 0.6) is 0 Å². The van der Waals surface area contributed by atoms with Gasteiger partial charge in [-0.15, -0.1) is 0 Å². The van der Waals surface area contributed by atoms with Crippen LogP contribution in [0.1, 0.15) is 25.7 Å². The maximum atomic E-state index is 12.1. The van der Waals surface area contributed by atoms with E-state index in [-0.39, 0.29) is 6.54 Å². The molecule has 124 valence electrons. The summed E-state index contributed by atoms with van der Waals surface area (Å²) < 4.78 is 0. The number of hydrogen-bond acceptors (Lipinski definition) is 4. The van der Waals surface area contributed by atoms with Crippen LogP contribution in [0, 0.1) is 0 Å². The van der Waals surface area contributed by atoms with Crippen LogP contribution in [-0.2, 0) is 9.59 Å². The predicted molar refractivity (Wildman–Crippen MR) is 84.7 cm³/mol. The lowest BCUT2D eigenvalue weighted by Crippen LogP contribution is -2.40. The number of nitrogens with two attached hydrogens (primary N) is 1. The van der Waals surface area contributed by atoms with Crippen molar-refractivity contribution in [3.63, 3.8) is 0 Å². The third-order valence-corrected chi connectivity index (χ3v) is 3.68. The zero-order chi connectivity index (χ0) is 16.9. The molecule has 23 heavy (non-hydrogen) atoms. The standard InChI is InChI=1S/C15H20N4O4/c16-14(22)17-9-12(20)18-10-4-3-5-11(8-10)19-13(21)15(23)6-1-2-7-15/h3-5,8,23H,1-2,6-7,9H2,(H,18,20)(H,19,21)(H3,16,17,22). The lowest BCUT2D eigenvalue weighted by atomic mass is 10.0. The lowest BCUT2D eigenvalue weighted by molar-refractivity contribution is -0.133. The maximum Gasteiger partial charge on any atom is 0.312 e. The Kier molecular flexibility index (Phi) is 5.17. The number of amides is 4. The zero-order valence-corrected chi connectivity index (χ0v) is 12.6. The van der Waals surface area contributed by atoms with Gasteiger partial charge in [0.05, 0.1) is 6.54 Å². The molecule has 1 aliphatic carbocycles. The first-order valence-corrected chi connectivity index (χ1v) is 7.36. The molecule has 0 unspecified atom stereocenters. The highest BCUT2D eigenvalue weighted by atomic mass is 16.3. The van der Waals surface area contributed by atoms with Gasteiger partial charge in [0.15, 0.2) is 0 Å². The minimum atomic E-state index is -1.31. The molecule has 1 fully saturated rings. The minimum absolute atomic E-state index is 0.244. The van der Waals surface area contributed by atoms with E-state index in [1.54, 1.807) is 24.3 Å². The number of carbonyl (C=O) groups is 3. The Bertz CT molecular complexity index is 611. The van der Waals surface area contributed by atoms with Gasteiger partial charge in [-0.25, -0.2) is 4.79 Å². The van der Waals surface area contributed by atoms with E-state index in [4.69, 9.17) is 5.73 Å². The van der Waals surface area contributed by atoms with Gasteiger partial charge < -0.3 is 26.8 Å². The fourth-order valence-electron chi connectivity index (χ4n) is 2.48. The van der Waals surface area contributed by atoms with E-state index in [2.05, 4.69) is 16.0 Å². The summed E-state index contributed by atoms with van der Waals surface area (Å²) in [5.74, 6) is -0.879. The van der Waals surface area contributed by atoms with Crippen molar-refractivity contribution in [2.24, 2.45) is 5.73 Å². The summed E-state index contributed by atoms with van der Waals surface area (Å²) in [5.41, 5.74) is 4.49. The smallest absolute Gasteiger partial charge is 0.312 e. The number of rotatable bonds is 5. The van der Waals surface area contributed by atoms with Crippen molar-refractivity contribution in [2.75, 3.05) is 17.2 Å². The molecular weight excluding hydrogens is 300 g/mol. The van der Waals surface area contributed by atoms with Crippen molar-refractivity contribution in [2.45, 2.75) is 31.3 Å². The van der Waals surface area contributed by atoms with Gasteiger partial charge in [0.25, 0.3) is 5.91 Å². The van der Waals surface area contributed by atoms with Crippen LogP contribution in [0.4, 0.5) is 16.2 Å². The summed E-state index contributed by atoms with van der Waals surface area (Å²) in [7, 11) is 0. The van der Waals surface area contributed by atoms with Gasteiger partial charge in [-0.2, -0.15) is 0 Å². The molecule has 1 aromatic rings. The summed E-state index contributed by atoms with van der Waals surface area (Å²) in [4.78, 5) is 34.3. The average molecular weight is 320 g/mol. The first-order chi connectivity index (χ1) is 10.9. The number of benzene rings is 1. The van der Waals surface area contributed by atoms with Crippen molar-refractivity contribution in [1.29, 1.82) is 0 Å². The Balaban J connectivity index is 1.95. The van der Waals surface area contributed by atoms with Gasteiger partial charge in [-0.3, -0.25) is 9.59 Å². The monoisotopic (exact) mass is 320 g/mol. The topological polar surface area (TPSA) is 134 Å². The highest BCUT2D eigenvalue weighted by Crippen LogP contribution is 2.30. The highest BCUT2D eigenvalue weighted by molar-refractivity contribution is 5.99. The van der Waals surface area contributed by atoms with Crippen molar-refractivity contribution in [3.05, 3.63) is 24.3 Å². The van der Waals surface area contributed by atoms with Crippen LogP contribution in [0.2, 0.25) is 0 Å². The van der Waals surface area contributed by atoms with Crippen LogP contribution in [-0.4, -0.2) is 35.1 Å². The molecule has 1 aliphatic rings. The number of urea groups is 1. The normalized spacial score (nSPS) is 15.7. The largest absolute Gasteiger partial charge is 0.380 e. The maximum absolute atomic E-state index is 12.1. The number of anilines is 2. The van der Waals surface area contributed by atoms with Crippen molar-refractivity contribution < 1.29 is 19.5 Å². The van der Waals surface area contributed by atoms with E-state index >= 15 is 0 Å². The molecule has 0 aliphatic heterocycles. The van der Waals surface area contributed by atoms with Crippen LogP contribution in [0.3, 0.4) is 0 Å². The Hall–Kier alpha value is -2.61. The molecule has 0 saturated heterocycles. The lowest BCUT2D eigenvalue weighted by Gasteiger charge is -2.21. The molecule has 2 rings (SSSR count). The molecule has 4 amide bonds. The first kappa shape index (κ1) is 16.8. The molecule has 6 N–H and O–H groups in total. The highest BCUT2D eigenvalue weighted by Gasteiger charge is 2.38. The van der Waals surface area contributed by atoms with Crippen LogP contribution in [0.25, 0.3) is 0 Å². The van der Waals surface area contributed by atoms with Crippen LogP contribution < -0.4 is 21.7 Å². The summed E-state index contributed by atoms with van der Waals surface area (Å²) in [6.45, 7) is -0.244. The zero-order valence-electron chi connectivity index (χ0n) is 12.6. The molecule has 0 aromatic heterocycles. The van der Waals surface area contributed by atoms with E-state index < -0.39 is 23.4 Å². The van der Waals surface area contributed by atoms with Crippen molar-refractivity contribution in [1.82, 2.24) is 5.32 Å². The third-order valence-electron chi connectivity index (χ3n) is 3.68. The summed E-state index contributed by atoms with van der Waals surface area (Å²) in [6, 6.07) is 5.74. The Labute approximate surface area is 133 Å². The van der Waals surface area contributed by atoms with E-state index in [0.29, 0.717) is 24.2 Å². The predicted octanol–water partition coefficient (Wildman–Crippen LogP) is 0.537. The van der Waals surface area contributed by atoms with E-state index in [1.165, 1.54) is 0 Å². The third kappa shape index (κ3) is 4.68. The molecule has 0 bridgehead atoms. The van der Waals surface area contributed by atoms with Gasteiger partial charge in [-0.1, -0.05) is 6.07 Å². The second kappa shape index (κ2) is 7.10. The van der Waals surface area contributed by atoms with Gasteiger partial charge in [0.1, 0.15) is 5.60 Å². The van der Waals surface area contributed by atoms with E-state index in [0.717, 1.165) is 12.8 Å². The molecule has 8 heteroatoms. The molecule has 0 heterocycles. The minimum Gasteiger partial charge on any atom is -0.380 e. The fraction of sp³-hybridized carbons (Fsp3) is 0.400. The Morgan fingerprint density at radius 2 is 1.74 bits per heavy atom. The summed E-state index contributed by atoms with van der Waals surface area (Å²) >= 11 is 0. The van der Waals surface area contributed by atoms with Gasteiger partial charge in [0.2, 0.25) is 5.91 Å². The quantitative estimate of drug-likeness (QED) is 0.541. The first-order valence-electron chi connectivity index (χ1n) is 7.36. The summed E-state index contributed by atoms with van der Waals surface area (Å²) in [5, 5.41) is 17.6. The van der Waals surface area contributed by atoms with Gasteiger partial charge in [0, 0.05) is 11.4 Å². The number of carbonyl (C=O) groups excluding carboxylic acids is 3. The van der Waals surface area contributed by atoms with Gasteiger partial charge in [-0.05, 0) is 43.9 Å². The fourth-order valence-corrected chi connectivity index (χ4v) is 2.48. The van der Waals surface area contributed by atoms with Crippen LogP contribution >= 0.6 is 0 Å². The van der Waals surface area contributed by atoms with Crippen LogP contribution in [0.15, 0.2) is 24.3 Å². The average Bonchev–Trinajstić information content (AvgIpc) is 2.94. The number of aliphatic hydroxyl groups is 1. The SMILES string of the molecule is NC(=O)NCC(=O)Nc1cccc(NC(=O)C2(O)CCCC2)c1. The molecule has 0 atom stereocenters. The molecule has 1 saturated carbocycles. The van der Waals surface area contributed by atoms with Crippen molar-refractivity contribution in [3.8, 4) is 0 Å². The van der Waals surface area contributed by atoms with Gasteiger partial charge >= 0.3 is 6.03 Å². The second-order valence-corrected chi connectivity index (χ2v) is 5.54. The Morgan fingerprint density at radius 1 is 1.13 bits per heavy atom. The molecule has 1 aromatic carbocycles. The molecule has 0 spiro atoms. The summed E-state index contributed by atoms with van der Waals surface area (Å²) in [6.07, 6.45) is 2.56. The number of hydrogen-bond donors (Lipinski definition) is 5. The Morgan fingerprint density at radius 3 is 2.35 bits per heavy atom.